The summed E-state index contributed by atoms with van der Waals surface area (Å²) in [4.78, 5) is 16.4. The molecule has 0 unspecified atom stereocenters. The van der Waals surface area contributed by atoms with Crippen molar-refractivity contribution in [3.8, 4) is 0 Å². The van der Waals surface area contributed by atoms with E-state index in [1.807, 2.05) is 0 Å². The van der Waals surface area contributed by atoms with E-state index in [-0.39, 0.29) is 13.0 Å². The van der Waals surface area contributed by atoms with Crippen molar-refractivity contribution in [2.75, 3.05) is 13.2 Å². The van der Waals surface area contributed by atoms with Gasteiger partial charge in [0.1, 0.15) is 6.10 Å². The van der Waals surface area contributed by atoms with E-state index in [1.165, 1.54) is 0 Å². The van der Waals surface area contributed by atoms with Gasteiger partial charge in [-0.3, -0.25) is 4.52 Å². The van der Waals surface area contributed by atoms with Crippen LogP contribution < -0.4 is 0 Å². The Morgan fingerprint density at radius 2 is 1.77 bits per heavy atom. The Hall–Kier alpha value is -0.0100. The molecule has 0 aliphatic rings. The molecule has 0 saturated heterocycles. The number of aliphatic hydroxyl groups is 3. The molecular formula is C5H13O7P. The molecule has 13 heavy (non-hydrogen) atoms. The highest BCUT2D eigenvalue weighted by Gasteiger charge is 2.21. The fourth-order valence-electron chi connectivity index (χ4n) is 0.609. The van der Waals surface area contributed by atoms with Crippen LogP contribution in [0.25, 0.3) is 0 Å². The van der Waals surface area contributed by atoms with Gasteiger partial charge in [0.05, 0.1) is 12.7 Å². The molecule has 0 heterocycles. The Balaban J connectivity index is 3.73. The van der Waals surface area contributed by atoms with Gasteiger partial charge in [-0.15, -0.1) is 0 Å². The second-order valence-electron chi connectivity index (χ2n) is 2.43. The van der Waals surface area contributed by atoms with Crippen LogP contribution in [0.15, 0.2) is 0 Å². The smallest absolute Gasteiger partial charge is 0.396 e. The lowest BCUT2D eigenvalue weighted by Crippen LogP contribution is -2.30. The van der Waals surface area contributed by atoms with E-state index in [9.17, 15) is 4.57 Å². The molecule has 0 radical (unpaired) electrons. The van der Waals surface area contributed by atoms with Gasteiger partial charge in [0, 0.05) is 6.61 Å². The summed E-state index contributed by atoms with van der Waals surface area (Å²) in [5.41, 5.74) is 0. The minimum atomic E-state index is -4.61. The number of hydrogen-bond donors (Lipinski definition) is 5. The van der Waals surface area contributed by atoms with Crippen LogP contribution in [0.2, 0.25) is 0 Å². The Labute approximate surface area is 74.8 Å². The first kappa shape index (κ1) is 13.0. The molecule has 0 aromatic carbocycles. The first-order valence-electron chi connectivity index (χ1n) is 3.54. The highest BCUT2D eigenvalue weighted by molar-refractivity contribution is 7.46. The number of rotatable bonds is 6. The molecule has 0 saturated carbocycles. The van der Waals surface area contributed by atoms with E-state index in [2.05, 4.69) is 4.52 Å². The third-order valence-electron chi connectivity index (χ3n) is 1.28. The van der Waals surface area contributed by atoms with E-state index in [4.69, 9.17) is 25.1 Å². The average Bonchev–Trinajstić information content (AvgIpc) is 1.99. The van der Waals surface area contributed by atoms with Crippen LogP contribution in [0.1, 0.15) is 6.42 Å². The molecule has 0 aromatic heterocycles. The lowest BCUT2D eigenvalue weighted by molar-refractivity contribution is -0.0233. The van der Waals surface area contributed by atoms with E-state index in [1.54, 1.807) is 0 Å². The zero-order chi connectivity index (χ0) is 10.5. The molecule has 0 bridgehead atoms. The summed E-state index contributed by atoms with van der Waals surface area (Å²) >= 11 is 0. The van der Waals surface area contributed by atoms with Gasteiger partial charge in [-0.2, -0.15) is 0 Å². The summed E-state index contributed by atoms with van der Waals surface area (Å²) < 4.78 is 14.1. The molecule has 80 valence electrons. The molecule has 0 spiro atoms. The van der Waals surface area contributed by atoms with E-state index in [0.29, 0.717) is 0 Å². The van der Waals surface area contributed by atoms with Gasteiger partial charge in [-0.05, 0) is 6.42 Å². The van der Waals surface area contributed by atoms with E-state index in [0.717, 1.165) is 0 Å². The zero-order valence-corrected chi connectivity index (χ0v) is 7.67. The van der Waals surface area contributed by atoms with Gasteiger partial charge in [0.2, 0.25) is 0 Å². The third kappa shape index (κ3) is 7.09. The minimum Gasteiger partial charge on any atom is -0.396 e. The predicted octanol–water partition coefficient (Wildman–Crippen LogP) is -1.80. The van der Waals surface area contributed by atoms with Crippen molar-refractivity contribution in [3.63, 3.8) is 0 Å². The lowest BCUT2D eigenvalue weighted by Gasteiger charge is -2.16. The molecule has 8 heteroatoms. The summed E-state index contributed by atoms with van der Waals surface area (Å²) in [5.74, 6) is 0. The molecular weight excluding hydrogens is 203 g/mol. The van der Waals surface area contributed by atoms with Crippen LogP contribution in [-0.2, 0) is 9.09 Å². The number of phosphoric acid groups is 1. The maximum atomic E-state index is 10.1. The predicted molar refractivity (Wildman–Crippen MR) is 41.7 cm³/mol. The Morgan fingerprint density at radius 1 is 1.23 bits per heavy atom. The number of phosphoric ester groups is 1. The fraction of sp³-hybridized carbons (Fsp3) is 1.00. The first-order chi connectivity index (χ1) is 5.87. The van der Waals surface area contributed by atoms with Crippen molar-refractivity contribution in [3.05, 3.63) is 0 Å². The van der Waals surface area contributed by atoms with Crippen molar-refractivity contribution < 1.29 is 34.2 Å². The molecule has 7 nitrogen and oxygen atoms in total. The normalized spacial score (nSPS) is 17.0. The van der Waals surface area contributed by atoms with Gasteiger partial charge in [-0.1, -0.05) is 0 Å². The maximum absolute atomic E-state index is 10.1. The maximum Gasteiger partial charge on any atom is 0.469 e. The highest BCUT2D eigenvalue weighted by atomic mass is 31.2. The van der Waals surface area contributed by atoms with Crippen LogP contribution in [-0.4, -0.2) is 50.5 Å². The third-order valence-corrected chi connectivity index (χ3v) is 1.77. The van der Waals surface area contributed by atoms with Gasteiger partial charge >= 0.3 is 7.82 Å². The monoisotopic (exact) mass is 216 g/mol. The second kappa shape index (κ2) is 5.66. The van der Waals surface area contributed by atoms with E-state index < -0.39 is 26.6 Å². The zero-order valence-electron chi connectivity index (χ0n) is 6.78. The topological polar surface area (TPSA) is 127 Å². The average molecular weight is 216 g/mol. The summed E-state index contributed by atoms with van der Waals surface area (Å²) in [6.07, 6.45) is -2.75. The van der Waals surface area contributed by atoms with Crippen molar-refractivity contribution in [1.82, 2.24) is 0 Å². The van der Waals surface area contributed by atoms with Crippen LogP contribution >= 0.6 is 7.82 Å². The Morgan fingerprint density at radius 3 is 2.15 bits per heavy atom. The second-order valence-corrected chi connectivity index (χ2v) is 3.67. The molecule has 2 atom stereocenters. The summed E-state index contributed by atoms with van der Waals surface area (Å²) in [5, 5.41) is 26.3. The number of aliphatic hydroxyl groups excluding tert-OH is 3. The Kier molecular flexibility index (Phi) is 5.66. The van der Waals surface area contributed by atoms with Gasteiger partial charge in [0.25, 0.3) is 0 Å². The highest BCUT2D eigenvalue weighted by Crippen LogP contribution is 2.35. The van der Waals surface area contributed by atoms with Gasteiger partial charge < -0.3 is 25.1 Å². The van der Waals surface area contributed by atoms with Crippen molar-refractivity contribution in [2.45, 2.75) is 18.6 Å². The van der Waals surface area contributed by atoms with Crippen molar-refractivity contribution in [1.29, 1.82) is 0 Å². The molecule has 0 amide bonds. The van der Waals surface area contributed by atoms with Gasteiger partial charge in [0.15, 0.2) is 0 Å². The van der Waals surface area contributed by atoms with Crippen LogP contribution in [0.5, 0.6) is 0 Å². The van der Waals surface area contributed by atoms with Crippen molar-refractivity contribution in [2.24, 2.45) is 0 Å². The fourth-order valence-corrected chi connectivity index (χ4v) is 0.956. The minimum absolute atomic E-state index is 0.0777. The van der Waals surface area contributed by atoms with Crippen LogP contribution in [0.3, 0.4) is 0 Å². The standard InChI is InChI=1S/C5H13O7P/c6-2-1-4(7)5(8)3-12-13(9,10)11/h4-8H,1-3H2,(H2,9,10,11)/t4-,5+/m0/s1. The summed E-state index contributed by atoms with van der Waals surface area (Å²) in [6.45, 7) is -1.00. The quantitative estimate of drug-likeness (QED) is 0.331. The molecule has 0 aliphatic carbocycles. The first-order valence-corrected chi connectivity index (χ1v) is 5.07. The molecule has 0 rings (SSSR count). The summed E-state index contributed by atoms with van der Waals surface area (Å²) in [6, 6.07) is 0. The van der Waals surface area contributed by atoms with Gasteiger partial charge in [-0.25, -0.2) is 4.57 Å². The van der Waals surface area contributed by atoms with Crippen LogP contribution in [0, 0.1) is 0 Å². The molecule has 5 N–H and O–H groups in total. The molecule has 0 fully saturated rings. The summed E-state index contributed by atoms with van der Waals surface area (Å²) in [7, 11) is -4.61. The SMILES string of the molecule is O=P(O)(O)OC[C@@H](O)[C@@H](O)CCO. The van der Waals surface area contributed by atoms with Crippen molar-refractivity contribution >= 4 is 7.82 Å². The lowest BCUT2D eigenvalue weighted by atomic mass is 10.1. The van der Waals surface area contributed by atoms with Crippen LogP contribution in [0.4, 0.5) is 0 Å². The van der Waals surface area contributed by atoms with E-state index >= 15 is 0 Å². The number of hydrogen-bond acceptors (Lipinski definition) is 5. The Bertz CT molecular complexity index is 178. The largest absolute Gasteiger partial charge is 0.469 e. The molecule has 0 aromatic rings. The molecule has 0 aliphatic heterocycles.